The summed E-state index contributed by atoms with van der Waals surface area (Å²) in [6, 6.07) is 11.9. The number of hydrogen-bond acceptors (Lipinski definition) is 6. The summed E-state index contributed by atoms with van der Waals surface area (Å²) in [7, 11) is -4.07. The van der Waals surface area contributed by atoms with Gasteiger partial charge >= 0.3 is 0 Å². The van der Waals surface area contributed by atoms with Crippen molar-refractivity contribution in [3.05, 3.63) is 59.5 Å². The predicted molar refractivity (Wildman–Crippen MR) is 99.4 cm³/mol. The van der Waals surface area contributed by atoms with E-state index in [1.165, 1.54) is 12.1 Å². The standard InChI is InChI=1S/C18H18N4O4S/c1-11-3-5-13(6-4-11)9-17(23)20-14-7-8-15(16(10-14)27(19,24)25)18-22-21-12(2)26-18/h3-8,10H,9H2,1-2H3,(H,20,23)(H2,19,24,25). The smallest absolute Gasteiger partial charge is 0.249 e. The number of aryl methyl sites for hydroxylation is 2. The molecule has 0 unspecified atom stereocenters. The van der Waals surface area contributed by atoms with E-state index in [1.807, 2.05) is 31.2 Å². The van der Waals surface area contributed by atoms with Crippen LogP contribution in [0.3, 0.4) is 0 Å². The monoisotopic (exact) mass is 386 g/mol. The molecule has 2 aromatic carbocycles. The summed E-state index contributed by atoms with van der Waals surface area (Å²) in [6.07, 6.45) is 0.162. The van der Waals surface area contributed by atoms with E-state index in [4.69, 9.17) is 9.56 Å². The third-order valence-corrected chi connectivity index (χ3v) is 4.76. The molecule has 3 aromatic rings. The number of amides is 1. The molecule has 140 valence electrons. The Morgan fingerprint density at radius 3 is 2.41 bits per heavy atom. The van der Waals surface area contributed by atoms with E-state index in [0.717, 1.165) is 11.1 Å². The van der Waals surface area contributed by atoms with Gasteiger partial charge in [0.2, 0.25) is 27.7 Å². The van der Waals surface area contributed by atoms with Gasteiger partial charge in [-0.2, -0.15) is 0 Å². The van der Waals surface area contributed by atoms with Crippen LogP contribution in [0.1, 0.15) is 17.0 Å². The highest BCUT2D eigenvalue weighted by molar-refractivity contribution is 7.89. The first-order valence-electron chi connectivity index (χ1n) is 8.05. The first-order chi connectivity index (χ1) is 12.7. The van der Waals surface area contributed by atoms with Gasteiger partial charge in [-0.3, -0.25) is 4.79 Å². The van der Waals surface area contributed by atoms with Gasteiger partial charge in [-0.05, 0) is 30.7 Å². The summed E-state index contributed by atoms with van der Waals surface area (Å²) in [6.45, 7) is 3.55. The van der Waals surface area contributed by atoms with Gasteiger partial charge in [-0.1, -0.05) is 29.8 Å². The third-order valence-electron chi connectivity index (χ3n) is 3.81. The van der Waals surface area contributed by atoms with Crippen molar-refractivity contribution in [1.82, 2.24) is 10.2 Å². The summed E-state index contributed by atoms with van der Waals surface area (Å²) >= 11 is 0. The van der Waals surface area contributed by atoms with Crippen molar-refractivity contribution >= 4 is 21.6 Å². The lowest BCUT2D eigenvalue weighted by atomic mass is 10.1. The minimum Gasteiger partial charge on any atom is -0.421 e. The second-order valence-electron chi connectivity index (χ2n) is 6.09. The number of nitrogens with one attached hydrogen (secondary N) is 1. The maximum Gasteiger partial charge on any atom is 0.249 e. The summed E-state index contributed by atoms with van der Waals surface area (Å²) in [5, 5.41) is 15.5. The van der Waals surface area contributed by atoms with Gasteiger partial charge < -0.3 is 9.73 Å². The lowest BCUT2D eigenvalue weighted by Gasteiger charge is -2.09. The Hall–Kier alpha value is -3.04. The zero-order valence-corrected chi connectivity index (χ0v) is 15.6. The molecule has 1 amide bonds. The molecule has 0 saturated heterocycles. The van der Waals surface area contributed by atoms with Crippen LogP contribution in [0.4, 0.5) is 5.69 Å². The SMILES string of the molecule is Cc1ccc(CC(=O)Nc2ccc(-c3nnc(C)o3)c(S(N)(=O)=O)c2)cc1. The van der Waals surface area contributed by atoms with Crippen molar-refractivity contribution in [3.63, 3.8) is 0 Å². The first kappa shape index (κ1) is 18.7. The molecule has 9 heteroatoms. The zero-order chi connectivity index (χ0) is 19.6. The van der Waals surface area contributed by atoms with Crippen LogP contribution in [-0.4, -0.2) is 24.5 Å². The molecule has 3 N–H and O–H groups in total. The maximum atomic E-state index is 12.3. The van der Waals surface area contributed by atoms with Crippen LogP contribution in [0.25, 0.3) is 11.5 Å². The quantitative estimate of drug-likeness (QED) is 0.692. The fourth-order valence-corrected chi connectivity index (χ4v) is 3.27. The van der Waals surface area contributed by atoms with Gasteiger partial charge in [0.1, 0.15) is 0 Å². The summed E-state index contributed by atoms with van der Waals surface area (Å²) in [4.78, 5) is 12.0. The largest absolute Gasteiger partial charge is 0.421 e. The van der Waals surface area contributed by atoms with Gasteiger partial charge in [0.05, 0.1) is 16.9 Å². The molecule has 0 spiro atoms. The van der Waals surface area contributed by atoms with E-state index < -0.39 is 10.0 Å². The summed E-state index contributed by atoms with van der Waals surface area (Å²) in [5.41, 5.74) is 2.43. The highest BCUT2D eigenvalue weighted by Crippen LogP contribution is 2.28. The number of nitrogens with two attached hydrogens (primary N) is 1. The number of aromatic nitrogens is 2. The van der Waals surface area contributed by atoms with Crippen LogP contribution < -0.4 is 10.5 Å². The summed E-state index contributed by atoms with van der Waals surface area (Å²) in [5.74, 6) is 0.0514. The predicted octanol–water partition coefficient (Wildman–Crippen LogP) is 2.18. The van der Waals surface area contributed by atoms with Crippen LogP contribution in [-0.2, 0) is 21.2 Å². The third kappa shape index (κ3) is 4.57. The van der Waals surface area contributed by atoms with Crippen molar-refractivity contribution in [3.8, 4) is 11.5 Å². The highest BCUT2D eigenvalue weighted by atomic mass is 32.2. The Labute approximate surface area is 156 Å². The first-order valence-corrected chi connectivity index (χ1v) is 9.60. The molecule has 0 aliphatic heterocycles. The van der Waals surface area contributed by atoms with Crippen LogP contribution >= 0.6 is 0 Å². The average molecular weight is 386 g/mol. The Bertz CT molecular complexity index is 1090. The lowest BCUT2D eigenvalue weighted by Crippen LogP contribution is -2.17. The van der Waals surface area contributed by atoms with E-state index in [9.17, 15) is 13.2 Å². The molecule has 0 aliphatic rings. The van der Waals surface area contributed by atoms with Crippen molar-refractivity contribution < 1.29 is 17.6 Å². The van der Waals surface area contributed by atoms with Gasteiger partial charge in [0, 0.05) is 12.6 Å². The van der Waals surface area contributed by atoms with Crippen LogP contribution in [0.2, 0.25) is 0 Å². The van der Waals surface area contributed by atoms with Crippen molar-refractivity contribution in [2.24, 2.45) is 5.14 Å². The molecular weight excluding hydrogens is 368 g/mol. The fraction of sp³-hybridized carbons (Fsp3) is 0.167. The van der Waals surface area contributed by atoms with Gasteiger partial charge in [-0.15, -0.1) is 10.2 Å². The Balaban J connectivity index is 1.86. The topological polar surface area (TPSA) is 128 Å². The van der Waals surface area contributed by atoms with E-state index >= 15 is 0 Å². The molecule has 0 radical (unpaired) electrons. The number of benzene rings is 2. The second-order valence-corrected chi connectivity index (χ2v) is 7.62. The number of carbonyl (C=O) groups is 1. The molecule has 3 rings (SSSR count). The second kappa shape index (κ2) is 7.29. The number of primary sulfonamides is 1. The van der Waals surface area contributed by atoms with Gasteiger partial charge in [0.15, 0.2) is 0 Å². The number of nitrogens with zero attached hydrogens (tertiary/aromatic N) is 2. The number of carbonyl (C=O) groups excluding carboxylic acids is 1. The highest BCUT2D eigenvalue weighted by Gasteiger charge is 2.20. The van der Waals surface area contributed by atoms with Crippen molar-refractivity contribution in [1.29, 1.82) is 0 Å². The normalized spacial score (nSPS) is 11.4. The molecule has 0 aliphatic carbocycles. The number of rotatable bonds is 5. The molecule has 0 atom stereocenters. The van der Waals surface area contributed by atoms with E-state index in [-0.39, 0.29) is 28.7 Å². The van der Waals surface area contributed by atoms with Crippen molar-refractivity contribution in [2.45, 2.75) is 25.2 Å². The molecule has 0 fully saturated rings. The molecule has 0 saturated carbocycles. The average Bonchev–Trinajstić information content (AvgIpc) is 3.02. The van der Waals surface area contributed by atoms with Crippen molar-refractivity contribution in [2.75, 3.05) is 5.32 Å². The number of anilines is 1. The minimum absolute atomic E-state index is 0.0362. The molecule has 0 bridgehead atoms. The molecule has 27 heavy (non-hydrogen) atoms. The van der Waals surface area contributed by atoms with E-state index in [1.54, 1.807) is 13.0 Å². The fourth-order valence-electron chi connectivity index (χ4n) is 2.51. The maximum absolute atomic E-state index is 12.3. The lowest BCUT2D eigenvalue weighted by molar-refractivity contribution is -0.115. The minimum atomic E-state index is -4.07. The van der Waals surface area contributed by atoms with E-state index in [2.05, 4.69) is 15.5 Å². The Kier molecular flexibility index (Phi) is 5.06. The molecular formula is C18H18N4O4S. The Morgan fingerprint density at radius 2 is 1.81 bits per heavy atom. The van der Waals surface area contributed by atoms with Crippen LogP contribution in [0.5, 0.6) is 0 Å². The van der Waals surface area contributed by atoms with Gasteiger partial charge in [0.25, 0.3) is 0 Å². The molecule has 1 aromatic heterocycles. The number of hydrogen-bond donors (Lipinski definition) is 2. The summed E-state index contributed by atoms with van der Waals surface area (Å²) < 4.78 is 29.2. The zero-order valence-electron chi connectivity index (χ0n) is 14.8. The van der Waals surface area contributed by atoms with E-state index in [0.29, 0.717) is 11.6 Å². The number of sulfonamides is 1. The van der Waals surface area contributed by atoms with Crippen LogP contribution in [0, 0.1) is 13.8 Å². The molecule has 8 nitrogen and oxygen atoms in total. The van der Waals surface area contributed by atoms with Crippen LogP contribution in [0.15, 0.2) is 51.8 Å². The Morgan fingerprint density at radius 1 is 1.11 bits per heavy atom. The van der Waals surface area contributed by atoms with Gasteiger partial charge in [-0.25, -0.2) is 13.6 Å². The molecule has 1 heterocycles.